The van der Waals surface area contributed by atoms with Gasteiger partial charge in [-0.05, 0) is 47.5 Å². The molecule has 0 bridgehead atoms. The summed E-state index contributed by atoms with van der Waals surface area (Å²) in [5.41, 5.74) is 0.896. The summed E-state index contributed by atoms with van der Waals surface area (Å²) in [5, 5.41) is 12.0. The fraction of sp³-hybridized carbons (Fsp3) is 0.227. The van der Waals surface area contributed by atoms with Crippen molar-refractivity contribution in [2.75, 3.05) is 13.2 Å². The number of aromatic nitrogens is 1. The molecule has 0 aliphatic heterocycles. The SMILES string of the molecule is OCCNCc1cc(-c2ccc(F)nc2)ccc1OCc1ccc(F)c(C(F)(F)F)c1. The Balaban J connectivity index is 1.83. The van der Waals surface area contributed by atoms with Crippen molar-refractivity contribution in [2.24, 2.45) is 0 Å². The van der Waals surface area contributed by atoms with Gasteiger partial charge in [0.1, 0.15) is 18.2 Å². The smallest absolute Gasteiger partial charge is 0.419 e. The molecule has 0 spiro atoms. The van der Waals surface area contributed by atoms with Gasteiger partial charge in [0.2, 0.25) is 5.95 Å². The molecule has 164 valence electrons. The van der Waals surface area contributed by atoms with Crippen molar-refractivity contribution >= 4 is 0 Å². The maximum atomic E-state index is 13.5. The molecule has 1 aromatic heterocycles. The molecule has 1 heterocycles. The Morgan fingerprint density at radius 2 is 1.74 bits per heavy atom. The first-order valence-electron chi connectivity index (χ1n) is 9.33. The van der Waals surface area contributed by atoms with Gasteiger partial charge >= 0.3 is 6.18 Å². The largest absolute Gasteiger partial charge is 0.489 e. The van der Waals surface area contributed by atoms with E-state index in [9.17, 15) is 22.0 Å². The Labute approximate surface area is 175 Å². The van der Waals surface area contributed by atoms with Gasteiger partial charge in [-0.2, -0.15) is 17.6 Å². The molecule has 0 aliphatic rings. The second kappa shape index (κ2) is 9.84. The quantitative estimate of drug-likeness (QED) is 0.304. The number of aliphatic hydroxyl groups excluding tert-OH is 1. The first-order chi connectivity index (χ1) is 14.8. The van der Waals surface area contributed by atoms with Gasteiger partial charge in [0, 0.05) is 30.4 Å². The second-order valence-electron chi connectivity index (χ2n) is 6.69. The van der Waals surface area contributed by atoms with Crippen LogP contribution in [0.5, 0.6) is 5.75 Å². The zero-order chi connectivity index (χ0) is 22.4. The lowest BCUT2D eigenvalue weighted by Crippen LogP contribution is -2.18. The third kappa shape index (κ3) is 5.99. The highest BCUT2D eigenvalue weighted by Gasteiger charge is 2.34. The van der Waals surface area contributed by atoms with Crippen LogP contribution in [0.1, 0.15) is 16.7 Å². The van der Waals surface area contributed by atoms with E-state index in [-0.39, 0.29) is 18.8 Å². The molecule has 3 rings (SSSR count). The highest BCUT2D eigenvalue weighted by molar-refractivity contribution is 5.64. The number of hydrogen-bond donors (Lipinski definition) is 2. The summed E-state index contributed by atoms with van der Waals surface area (Å²) in [6.07, 6.45) is -3.42. The van der Waals surface area contributed by atoms with E-state index in [1.807, 2.05) is 0 Å². The van der Waals surface area contributed by atoms with Gasteiger partial charge in [0.15, 0.2) is 0 Å². The Morgan fingerprint density at radius 3 is 2.42 bits per heavy atom. The van der Waals surface area contributed by atoms with Gasteiger partial charge in [0.25, 0.3) is 0 Å². The molecule has 4 nitrogen and oxygen atoms in total. The van der Waals surface area contributed by atoms with Crippen molar-refractivity contribution < 1.29 is 31.8 Å². The standard InChI is InChI=1S/C22H19F5N2O2/c23-19-4-1-14(9-18(19)22(25,26)27)13-31-20-5-2-15(10-17(20)11-28-7-8-30)16-3-6-21(24)29-12-16/h1-6,9-10,12,28,30H,7-8,11,13H2. The molecule has 0 radical (unpaired) electrons. The van der Waals surface area contributed by atoms with Crippen molar-refractivity contribution in [1.29, 1.82) is 0 Å². The third-order valence-electron chi connectivity index (χ3n) is 4.46. The number of aliphatic hydroxyl groups is 1. The second-order valence-corrected chi connectivity index (χ2v) is 6.69. The molecule has 9 heteroatoms. The molecule has 0 amide bonds. The molecule has 0 unspecified atom stereocenters. The summed E-state index contributed by atoms with van der Waals surface area (Å²) in [6, 6.07) is 10.6. The first kappa shape index (κ1) is 22.6. The summed E-state index contributed by atoms with van der Waals surface area (Å²) in [7, 11) is 0. The van der Waals surface area contributed by atoms with Crippen molar-refractivity contribution in [3.8, 4) is 16.9 Å². The third-order valence-corrected chi connectivity index (χ3v) is 4.46. The molecule has 31 heavy (non-hydrogen) atoms. The van der Waals surface area contributed by atoms with Crippen LogP contribution in [0, 0.1) is 11.8 Å². The fourth-order valence-electron chi connectivity index (χ4n) is 2.93. The summed E-state index contributed by atoms with van der Waals surface area (Å²) < 4.78 is 71.0. The predicted octanol–water partition coefficient (Wildman–Crippen LogP) is 4.71. The van der Waals surface area contributed by atoms with Gasteiger partial charge in [-0.25, -0.2) is 9.37 Å². The summed E-state index contributed by atoms with van der Waals surface area (Å²) in [6.45, 7) is 0.367. The molecule has 0 fully saturated rings. The Hall–Kier alpha value is -3.04. The van der Waals surface area contributed by atoms with Crippen LogP contribution in [0.3, 0.4) is 0 Å². The molecule has 0 saturated heterocycles. The van der Waals surface area contributed by atoms with E-state index in [0.717, 1.165) is 17.7 Å². The number of nitrogens with one attached hydrogen (secondary N) is 1. The number of benzene rings is 2. The lowest BCUT2D eigenvalue weighted by atomic mass is 10.0. The fourth-order valence-corrected chi connectivity index (χ4v) is 2.93. The van der Waals surface area contributed by atoms with Gasteiger partial charge in [-0.15, -0.1) is 0 Å². The average Bonchev–Trinajstić information content (AvgIpc) is 2.73. The van der Waals surface area contributed by atoms with Crippen LogP contribution in [0.4, 0.5) is 22.0 Å². The number of rotatable bonds is 8. The Morgan fingerprint density at radius 1 is 0.968 bits per heavy atom. The Bertz CT molecular complexity index is 1020. The van der Waals surface area contributed by atoms with Gasteiger partial charge < -0.3 is 15.2 Å². The number of alkyl halides is 3. The van der Waals surface area contributed by atoms with Gasteiger partial charge in [-0.1, -0.05) is 12.1 Å². The predicted molar refractivity (Wildman–Crippen MR) is 104 cm³/mol. The summed E-state index contributed by atoms with van der Waals surface area (Å²) in [4.78, 5) is 3.63. The number of hydrogen-bond acceptors (Lipinski definition) is 4. The van der Waals surface area contributed by atoms with Crippen LogP contribution in [0.15, 0.2) is 54.7 Å². The highest BCUT2D eigenvalue weighted by atomic mass is 19.4. The van der Waals surface area contributed by atoms with Gasteiger partial charge in [0.05, 0.1) is 12.2 Å². The van der Waals surface area contributed by atoms with Crippen molar-refractivity contribution in [1.82, 2.24) is 10.3 Å². The maximum absolute atomic E-state index is 13.5. The van der Waals surface area contributed by atoms with E-state index in [1.54, 1.807) is 24.3 Å². The van der Waals surface area contributed by atoms with Crippen LogP contribution in [-0.4, -0.2) is 23.2 Å². The highest BCUT2D eigenvalue weighted by Crippen LogP contribution is 2.32. The zero-order valence-corrected chi connectivity index (χ0v) is 16.2. The van der Waals surface area contributed by atoms with Crippen LogP contribution >= 0.6 is 0 Å². The van der Waals surface area contributed by atoms with Crippen LogP contribution in [0.2, 0.25) is 0 Å². The maximum Gasteiger partial charge on any atom is 0.419 e. The van der Waals surface area contributed by atoms with Gasteiger partial charge in [-0.3, -0.25) is 0 Å². The summed E-state index contributed by atoms with van der Waals surface area (Å²) in [5.74, 6) is -1.55. The van der Waals surface area contributed by atoms with E-state index in [0.29, 0.717) is 30.0 Å². The monoisotopic (exact) mass is 438 g/mol. The van der Waals surface area contributed by atoms with Crippen molar-refractivity contribution in [3.63, 3.8) is 0 Å². The topological polar surface area (TPSA) is 54.4 Å². The van der Waals surface area contributed by atoms with Crippen LogP contribution in [-0.2, 0) is 19.3 Å². The Kier molecular flexibility index (Phi) is 7.19. The molecule has 2 aromatic carbocycles. The number of halogens is 5. The lowest BCUT2D eigenvalue weighted by Gasteiger charge is -2.15. The molecular formula is C22H19F5N2O2. The number of pyridine rings is 1. The van der Waals surface area contributed by atoms with E-state index < -0.39 is 23.5 Å². The van der Waals surface area contributed by atoms with Crippen LogP contribution in [0.25, 0.3) is 11.1 Å². The average molecular weight is 438 g/mol. The van der Waals surface area contributed by atoms with Crippen molar-refractivity contribution in [2.45, 2.75) is 19.3 Å². The first-order valence-corrected chi connectivity index (χ1v) is 9.33. The molecule has 0 atom stereocenters. The van der Waals surface area contributed by atoms with Crippen LogP contribution < -0.4 is 10.1 Å². The lowest BCUT2D eigenvalue weighted by molar-refractivity contribution is -0.140. The minimum atomic E-state index is -4.80. The van der Waals surface area contributed by atoms with E-state index in [4.69, 9.17) is 9.84 Å². The van der Waals surface area contributed by atoms with E-state index in [2.05, 4.69) is 10.3 Å². The van der Waals surface area contributed by atoms with Crippen molar-refractivity contribution in [3.05, 3.63) is 83.2 Å². The van der Waals surface area contributed by atoms with E-state index >= 15 is 0 Å². The normalized spacial score (nSPS) is 11.5. The molecule has 2 N–H and O–H groups in total. The molecular weight excluding hydrogens is 419 g/mol. The summed E-state index contributed by atoms with van der Waals surface area (Å²) >= 11 is 0. The minimum Gasteiger partial charge on any atom is -0.489 e. The number of nitrogens with zero attached hydrogens (tertiary/aromatic N) is 1. The van der Waals surface area contributed by atoms with E-state index in [1.165, 1.54) is 18.3 Å². The molecule has 0 aliphatic carbocycles. The minimum absolute atomic E-state index is 0.0758. The number of ether oxygens (including phenoxy) is 1. The molecule has 3 aromatic rings. The molecule has 0 saturated carbocycles. The zero-order valence-electron chi connectivity index (χ0n) is 16.2.